The number of halogens is 2. The van der Waals surface area contributed by atoms with Gasteiger partial charge in [0.15, 0.2) is 0 Å². The third-order valence-electron chi connectivity index (χ3n) is 3.66. The molecule has 1 saturated heterocycles. The number of imide groups is 1. The Balaban J connectivity index is 2.14. The molecule has 1 aliphatic heterocycles. The number of benzene rings is 1. The van der Waals surface area contributed by atoms with Crippen molar-refractivity contribution in [2.75, 3.05) is 18.6 Å². The van der Waals surface area contributed by atoms with Crippen LogP contribution in [0.3, 0.4) is 0 Å². The predicted molar refractivity (Wildman–Crippen MR) is 83.7 cm³/mol. The summed E-state index contributed by atoms with van der Waals surface area (Å²) in [5.74, 6) is 0.514. The molecule has 0 bridgehead atoms. The maximum absolute atomic E-state index is 12.6. The molecule has 0 aliphatic carbocycles. The molecular weight excluding hydrogens is 326 g/mol. The van der Waals surface area contributed by atoms with E-state index in [1.54, 1.807) is 18.7 Å². The van der Waals surface area contributed by atoms with Gasteiger partial charge < -0.3 is 10.1 Å². The van der Waals surface area contributed by atoms with Crippen LogP contribution in [-0.4, -0.2) is 42.0 Å². The number of alkyl halides is 2. The Morgan fingerprint density at radius 1 is 1.30 bits per heavy atom. The van der Waals surface area contributed by atoms with Crippen LogP contribution in [0.15, 0.2) is 24.3 Å². The number of thioether (sulfide) groups is 1. The Hall–Kier alpha value is -1.83. The maximum atomic E-state index is 12.6. The first-order valence-electron chi connectivity index (χ1n) is 7.07. The summed E-state index contributed by atoms with van der Waals surface area (Å²) in [7, 11) is 0. The van der Waals surface area contributed by atoms with Gasteiger partial charge in [-0.2, -0.15) is 20.5 Å². The zero-order valence-electron chi connectivity index (χ0n) is 12.8. The fourth-order valence-electron chi connectivity index (χ4n) is 2.43. The van der Waals surface area contributed by atoms with Crippen LogP contribution in [0.25, 0.3) is 0 Å². The van der Waals surface area contributed by atoms with Crippen LogP contribution < -0.4 is 10.1 Å². The Morgan fingerprint density at radius 2 is 1.96 bits per heavy atom. The summed E-state index contributed by atoms with van der Waals surface area (Å²) >= 11 is 1.65. The fraction of sp³-hybridized carbons (Fsp3) is 0.467. The predicted octanol–water partition coefficient (Wildman–Crippen LogP) is 2.81. The van der Waals surface area contributed by atoms with Crippen LogP contribution >= 0.6 is 11.8 Å². The highest BCUT2D eigenvalue weighted by molar-refractivity contribution is 7.98. The molecule has 1 fully saturated rings. The average molecular weight is 344 g/mol. The molecule has 1 heterocycles. The topological polar surface area (TPSA) is 58.6 Å². The molecule has 1 unspecified atom stereocenters. The molecule has 126 valence electrons. The second-order valence-corrected chi connectivity index (χ2v) is 6.25. The molecule has 1 N–H and O–H groups in total. The van der Waals surface area contributed by atoms with Gasteiger partial charge in [0.25, 0.3) is 5.91 Å². The molecule has 2 rings (SSSR count). The van der Waals surface area contributed by atoms with Gasteiger partial charge in [0.05, 0.1) is 0 Å². The third-order valence-corrected chi connectivity index (χ3v) is 4.36. The molecular formula is C15H18F2N2O3S. The lowest BCUT2D eigenvalue weighted by Gasteiger charge is -2.22. The van der Waals surface area contributed by atoms with Gasteiger partial charge in [-0.15, -0.1) is 0 Å². The van der Waals surface area contributed by atoms with Crippen molar-refractivity contribution in [3.63, 3.8) is 0 Å². The van der Waals surface area contributed by atoms with Gasteiger partial charge in [0, 0.05) is 6.54 Å². The van der Waals surface area contributed by atoms with Gasteiger partial charge in [0.1, 0.15) is 11.3 Å². The number of ether oxygens (including phenoxy) is 1. The zero-order chi connectivity index (χ0) is 17.0. The summed E-state index contributed by atoms with van der Waals surface area (Å²) in [5.41, 5.74) is -0.676. The molecule has 8 heteroatoms. The van der Waals surface area contributed by atoms with E-state index in [0.29, 0.717) is 12.1 Å². The van der Waals surface area contributed by atoms with E-state index in [9.17, 15) is 18.4 Å². The maximum Gasteiger partial charge on any atom is 0.387 e. The number of amides is 3. The molecule has 23 heavy (non-hydrogen) atoms. The average Bonchev–Trinajstić information content (AvgIpc) is 2.71. The number of carbonyl (C=O) groups excluding carboxylic acids is 2. The number of urea groups is 1. The van der Waals surface area contributed by atoms with Gasteiger partial charge in [-0.05, 0) is 43.0 Å². The van der Waals surface area contributed by atoms with Gasteiger partial charge in [-0.25, -0.2) is 4.79 Å². The molecule has 1 aromatic rings. The van der Waals surface area contributed by atoms with E-state index in [1.165, 1.54) is 29.2 Å². The van der Waals surface area contributed by atoms with E-state index in [0.717, 1.165) is 12.2 Å². The van der Waals surface area contributed by atoms with Crippen molar-refractivity contribution < 1.29 is 23.1 Å². The molecule has 1 aromatic carbocycles. The van der Waals surface area contributed by atoms with E-state index >= 15 is 0 Å². The number of hydrogen-bond donors (Lipinski definition) is 1. The van der Waals surface area contributed by atoms with Gasteiger partial charge >= 0.3 is 12.6 Å². The lowest BCUT2D eigenvalue weighted by Crippen LogP contribution is -2.41. The Morgan fingerprint density at radius 3 is 2.52 bits per heavy atom. The summed E-state index contributed by atoms with van der Waals surface area (Å²) < 4.78 is 28.6. The summed E-state index contributed by atoms with van der Waals surface area (Å²) in [5, 5.41) is 2.68. The molecule has 0 saturated carbocycles. The van der Waals surface area contributed by atoms with E-state index < -0.39 is 18.2 Å². The van der Waals surface area contributed by atoms with Crippen LogP contribution in [-0.2, 0) is 10.3 Å². The van der Waals surface area contributed by atoms with E-state index in [1.807, 2.05) is 6.26 Å². The monoisotopic (exact) mass is 344 g/mol. The second kappa shape index (κ2) is 7.16. The van der Waals surface area contributed by atoms with Crippen molar-refractivity contribution in [3.8, 4) is 5.75 Å². The molecule has 3 amide bonds. The van der Waals surface area contributed by atoms with Crippen molar-refractivity contribution in [1.29, 1.82) is 0 Å². The van der Waals surface area contributed by atoms with Crippen LogP contribution in [0.1, 0.15) is 18.9 Å². The van der Waals surface area contributed by atoms with E-state index in [2.05, 4.69) is 10.1 Å². The zero-order valence-corrected chi connectivity index (χ0v) is 13.7. The minimum absolute atomic E-state index is 0.000879. The van der Waals surface area contributed by atoms with E-state index in [4.69, 9.17) is 0 Å². The van der Waals surface area contributed by atoms with Gasteiger partial charge in [-0.1, -0.05) is 12.1 Å². The number of hydrogen-bond acceptors (Lipinski definition) is 4. The highest BCUT2D eigenvalue weighted by atomic mass is 32.2. The highest BCUT2D eigenvalue weighted by Gasteiger charge is 2.48. The molecule has 0 radical (unpaired) electrons. The molecule has 0 spiro atoms. The Bertz CT molecular complexity index is 583. The number of nitrogens with one attached hydrogen (secondary N) is 1. The second-order valence-electron chi connectivity index (χ2n) is 5.26. The van der Waals surface area contributed by atoms with E-state index in [-0.39, 0.29) is 11.7 Å². The SMILES string of the molecule is CSCCCN1C(=O)NC(C)(c2ccc(OC(F)F)cc2)C1=O. The molecule has 5 nitrogen and oxygen atoms in total. The van der Waals surface area contributed by atoms with Crippen molar-refractivity contribution in [1.82, 2.24) is 10.2 Å². The first-order valence-corrected chi connectivity index (χ1v) is 8.46. The number of rotatable bonds is 7. The standard InChI is InChI=1S/C15H18F2N2O3S/c1-15(10-4-6-11(7-5-10)22-13(16)17)12(20)19(14(21)18-15)8-3-9-23-2/h4-7,13H,3,8-9H2,1-2H3,(H,18,21). The Kier molecular flexibility index (Phi) is 5.46. The quantitative estimate of drug-likeness (QED) is 0.610. The third kappa shape index (κ3) is 3.74. The molecule has 1 atom stereocenters. The summed E-state index contributed by atoms with van der Waals surface area (Å²) in [4.78, 5) is 25.8. The number of nitrogens with zero attached hydrogens (tertiary/aromatic N) is 1. The minimum Gasteiger partial charge on any atom is -0.435 e. The van der Waals surface area contributed by atoms with Gasteiger partial charge in [0.2, 0.25) is 0 Å². The van der Waals surface area contributed by atoms with Crippen LogP contribution in [0.2, 0.25) is 0 Å². The van der Waals surface area contributed by atoms with Crippen LogP contribution in [0.4, 0.5) is 13.6 Å². The van der Waals surface area contributed by atoms with Crippen LogP contribution in [0.5, 0.6) is 5.75 Å². The van der Waals surface area contributed by atoms with Crippen molar-refractivity contribution >= 4 is 23.7 Å². The van der Waals surface area contributed by atoms with Crippen LogP contribution in [0, 0.1) is 0 Å². The first-order chi connectivity index (χ1) is 10.9. The fourth-order valence-corrected chi connectivity index (χ4v) is 2.85. The summed E-state index contributed by atoms with van der Waals surface area (Å²) in [6.07, 6.45) is 2.68. The largest absolute Gasteiger partial charge is 0.435 e. The highest BCUT2D eigenvalue weighted by Crippen LogP contribution is 2.30. The van der Waals surface area contributed by atoms with Gasteiger partial charge in [-0.3, -0.25) is 9.69 Å². The Labute approximate surface area is 137 Å². The summed E-state index contributed by atoms with van der Waals surface area (Å²) in [6, 6.07) is 5.26. The lowest BCUT2D eigenvalue weighted by atomic mass is 9.92. The smallest absolute Gasteiger partial charge is 0.387 e. The van der Waals surface area contributed by atoms with Crippen molar-refractivity contribution in [3.05, 3.63) is 29.8 Å². The molecule has 0 aromatic heterocycles. The van der Waals surface area contributed by atoms with Crippen molar-refractivity contribution in [2.24, 2.45) is 0 Å². The normalized spacial score (nSPS) is 21.0. The lowest BCUT2D eigenvalue weighted by molar-refractivity contribution is -0.131. The number of carbonyl (C=O) groups is 2. The minimum atomic E-state index is -2.91. The van der Waals surface area contributed by atoms with Crippen molar-refractivity contribution in [2.45, 2.75) is 25.5 Å². The first kappa shape index (κ1) is 17.5. The molecule has 1 aliphatic rings. The summed E-state index contributed by atoms with van der Waals surface area (Å²) in [6.45, 7) is -0.950.